The average molecular weight is 126 g/mol. The van der Waals surface area contributed by atoms with E-state index in [9.17, 15) is 4.79 Å². The lowest BCUT2D eigenvalue weighted by Gasteiger charge is -1.77. The van der Waals surface area contributed by atoms with Crippen molar-refractivity contribution in [1.29, 1.82) is 0 Å². The van der Waals surface area contributed by atoms with Crippen LogP contribution in [-0.4, -0.2) is 0 Å². The molecule has 9 heavy (non-hydrogen) atoms. The van der Waals surface area contributed by atoms with Crippen molar-refractivity contribution in [3.05, 3.63) is 28.7 Å². The lowest BCUT2D eigenvalue weighted by atomic mass is 10.4. The van der Waals surface area contributed by atoms with Crippen molar-refractivity contribution in [2.45, 2.75) is 6.92 Å². The molecule has 0 radical (unpaired) electrons. The molecule has 48 valence electrons. The molecule has 0 N–H and O–H groups in total. The minimum absolute atomic E-state index is 0.403. The molecule has 1 rings (SSSR count). The topological polar surface area (TPSA) is 43.4 Å². The predicted molar refractivity (Wildman–Crippen MR) is 32.1 cm³/mol. The fraction of sp³-hybridized carbons (Fsp3) is 0.167. The van der Waals surface area contributed by atoms with E-state index in [2.05, 4.69) is 15.4 Å². The molecule has 0 aliphatic heterocycles. The first-order valence-corrected chi connectivity index (χ1v) is 2.47. The van der Waals surface area contributed by atoms with Gasteiger partial charge in [0.15, 0.2) is 11.5 Å². The highest BCUT2D eigenvalue weighted by Crippen LogP contribution is 2.04. The Morgan fingerprint density at radius 2 is 2.22 bits per heavy atom. The second kappa shape index (κ2) is 1.93. The third-order valence-corrected chi connectivity index (χ3v) is 0.962. The minimum Gasteiger partial charge on any atom is -0.396 e. The summed E-state index contributed by atoms with van der Waals surface area (Å²) in [7, 11) is 0. The molecule has 0 saturated carbocycles. The molecule has 0 atom stereocenters. The summed E-state index contributed by atoms with van der Waals surface area (Å²) in [6, 6.07) is 0. The smallest absolute Gasteiger partial charge is 0.396 e. The first-order chi connectivity index (χ1) is 4.24. The van der Waals surface area contributed by atoms with Gasteiger partial charge in [-0.25, -0.2) is 4.79 Å². The van der Waals surface area contributed by atoms with E-state index in [-0.39, 0.29) is 0 Å². The summed E-state index contributed by atoms with van der Waals surface area (Å²) in [5.74, 6) is 0.192. The Labute approximate surface area is 51.6 Å². The van der Waals surface area contributed by atoms with Crippen molar-refractivity contribution in [2.24, 2.45) is 0 Å². The SMILES string of the molecule is C=Cc1oc(=O)oc1C. The van der Waals surface area contributed by atoms with Gasteiger partial charge in [-0.15, -0.1) is 0 Å². The third kappa shape index (κ3) is 0.937. The molecule has 0 aliphatic rings. The molecule has 1 aromatic heterocycles. The van der Waals surface area contributed by atoms with Crippen LogP contribution in [0.3, 0.4) is 0 Å². The fourth-order valence-electron chi connectivity index (χ4n) is 0.543. The van der Waals surface area contributed by atoms with E-state index in [0.717, 1.165) is 0 Å². The van der Waals surface area contributed by atoms with E-state index in [1.165, 1.54) is 6.08 Å². The van der Waals surface area contributed by atoms with Crippen molar-refractivity contribution in [2.75, 3.05) is 0 Å². The largest absolute Gasteiger partial charge is 0.519 e. The molecule has 0 saturated heterocycles. The quantitative estimate of drug-likeness (QED) is 0.567. The highest BCUT2D eigenvalue weighted by molar-refractivity contribution is 5.40. The van der Waals surface area contributed by atoms with Gasteiger partial charge in [-0.3, -0.25) is 0 Å². The van der Waals surface area contributed by atoms with Crippen LogP contribution in [0.25, 0.3) is 6.08 Å². The maximum Gasteiger partial charge on any atom is 0.519 e. The fourth-order valence-corrected chi connectivity index (χ4v) is 0.543. The zero-order valence-corrected chi connectivity index (χ0v) is 5.01. The maximum absolute atomic E-state index is 10.3. The molecule has 0 aromatic carbocycles. The van der Waals surface area contributed by atoms with Crippen LogP contribution in [0.1, 0.15) is 11.5 Å². The van der Waals surface area contributed by atoms with Gasteiger partial charge >= 0.3 is 5.82 Å². The van der Waals surface area contributed by atoms with Gasteiger partial charge in [0.05, 0.1) is 0 Å². The monoisotopic (exact) mass is 126 g/mol. The Bertz CT molecular complexity index is 266. The van der Waals surface area contributed by atoms with Gasteiger partial charge in [0.2, 0.25) is 0 Å². The second-order valence-electron chi connectivity index (χ2n) is 1.58. The van der Waals surface area contributed by atoms with Crippen LogP contribution in [0.5, 0.6) is 0 Å². The van der Waals surface area contributed by atoms with Gasteiger partial charge in [-0.2, -0.15) is 0 Å². The van der Waals surface area contributed by atoms with Gasteiger partial charge in [-0.1, -0.05) is 6.58 Å². The average Bonchev–Trinajstić information content (AvgIpc) is 2.10. The van der Waals surface area contributed by atoms with Crippen LogP contribution in [0, 0.1) is 6.92 Å². The van der Waals surface area contributed by atoms with Crippen LogP contribution in [0.15, 0.2) is 20.2 Å². The standard InChI is InChI=1S/C6H6O3/c1-3-5-4(2)8-6(7)9-5/h3H,1H2,2H3. The Hall–Kier alpha value is -1.25. The van der Waals surface area contributed by atoms with E-state index in [1.807, 2.05) is 0 Å². The molecule has 0 amide bonds. The normalized spacial score (nSPS) is 9.44. The number of hydrogen-bond acceptors (Lipinski definition) is 3. The van der Waals surface area contributed by atoms with Gasteiger partial charge in [-0.05, 0) is 13.0 Å². The summed E-state index contributed by atoms with van der Waals surface area (Å²) < 4.78 is 9.04. The van der Waals surface area contributed by atoms with Crippen LogP contribution in [0.2, 0.25) is 0 Å². The van der Waals surface area contributed by atoms with Crippen LogP contribution in [-0.2, 0) is 0 Å². The van der Waals surface area contributed by atoms with E-state index in [1.54, 1.807) is 6.92 Å². The predicted octanol–water partition coefficient (Wildman–Crippen LogP) is 1.18. The van der Waals surface area contributed by atoms with E-state index < -0.39 is 5.82 Å². The van der Waals surface area contributed by atoms with Gasteiger partial charge in [0, 0.05) is 0 Å². The van der Waals surface area contributed by atoms with Crippen LogP contribution in [0.4, 0.5) is 0 Å². The summed E-state index contributed by atoms with van der Waals surface area (Å²) in [4.78, 5) is 10.3. The Morgan fingerprint density at radius 3 is 2.44 bits per heavy atom. The summed E-state index contributed by atoms with van der Waals surface area (Å²) in [6.07, 6.45) is 1.43. The summed E-state index contributed by atoms with van der Waals surface area (Å²) >= 11 is 0. The van der Waals surface area contributed by atoms with Crippen molar-refractivity contribution < 1.29 is 8.83 Å². The van der Waals surface area contributed by atoms with Gasteiger partial charge in [0.25, 0.3) is 0 Å². The van der Waals surface area contributed by atoms with Crippen LogP contribution >= 0.6 is 0 Å². The highest BCUT2D eigenvalue weighted by atomic mass is 16.6. The summed E-state index contributed by atoms with van der Waals surface area (Å²) in [6.45, 7) is 5.05. The second-order valence-corrected chi connectivity index (χ2v) is 1.58. The Balaban J connectivity index is 3.31. The van der Waals surface area contributed by atoms with Crippen molar-refractivity contribution in [3.8, 4) is 0 Å². The zero-order valence-electron chi connectivity index (χ0n) is 5.01. The molecular weight excluding hydrogens is 120 g/mol. The lowest BCUT2D eigenvalue weighted by molar-refractivity contribution is 0.377. The minimum atomic E-state index is -0.678. The highest BCUT2D eigenvalue weighted by Gasteiger charge is 2.01. The first kappa shape index (κ1) is 5.88. The Kier molecular flexibility index (Phi) is 1.26. The molecule has 0 spiro atoms. The summed E-state index contributed by atoms with van der Waals surface area (Å²) in [5, 5.41) is 0. The third-order valence-electron chi connectivity index (χ3n) is 0.962. The van der Waals surface area contributed by atoms with Crippen LogP contribution < -0.4 is 5.82 Å². The Morgan fingerprint density at radius 1 is 1.56 bits per heavy atom. The van der Waals surface area contributed by atoms with Gasteiger partial charge in [0.1, 0.15) is 0 Å². The number of aryl methyl sites for hydroxylation is 1. The molecule has 0 bridgehead atoms. The van der Waals surface area contributed by atoms with Crippen molar-refractivity contribution in [1.82, 2.24) is 0 Å². The molecule has 1 heterocycles. The number of rotatable bonds is 1. The van der Waals surface area contributed by atoms with Crippen molar-refractivity contribution in [3.63, 3.8) is 0 Å². The molecular formula is C6H6O3. The molecule has 3 nitrogen and oxygen atoms in total. The molecule has 0 fully saturated rings. The van der Waals surface area contributed by atoms with E-state index in [0.29, 0.717) is 11.5 Å². The van der Waals surface area contributed by atoms with Gasteiger partial charge < -0.3 is 8.83 Å². The molecule has 1 aromatic rings. The molecule has 0 aliphatic carbocycles. The number of hydrogen-bond donors (Lipinski definition) is 0. The maximum atomic E-state index is 10.3. The lowest BCUT2D eigenvalue weighted by Crippen LogP contribution is -1.85. The summed E-state index contributed by atoms with van der Waals surface area (Å²) in [5.41, 5.74) is 0. The van der Waals surface area contributed by atoms with Crippen molar-refractivity contribution >= 4 is 6.08 Å². The zero-order chi connectivity index (χ0) is 6.85. The molecule has 3 heteroatoms. The first-order valence-electron chi connectivity index (χ1n) is 2.47. The molecule has 0 unspecified atom stereocenters. The van der Waals surface area contributed by atoms with E-state index >= 15 is 0 Å². The van der Waals surface area contributed by atoms with E-state index in [4.69, 9.17) is 0 Å².